The Kier molecular flexibility index (Phi) is 26.1. The first-order valence-corrected chi connectivity index (χ1v) is 14.9. The maximum atomic E-state index is 12.1. The van der Waals surface area contributed by atoms with Crippen LogP contribution in [0, 0.1) is 0 Å². The predicted octanol–water partition coefficient (Wildman–Crippen LogP) is 7.76. The highest BCUT2D eigenvalue weighted by molar-refractivity contribution is 5.85. The lowest BCUT2D eigenvalue weighted by Gasteiger charge is -2.18. The summed E-state index contributed by atoms with van der Waals surface area (Å²) in [6, 6.07) is 10.7. The molecule has 0 radical (unpaired) electrons. The maximum Gasteiger partial charge on any atom is 0.219 e. The number of carbonyl (C=O) groups is 1. The van der Waals surface area contributed by atoms with Gasteiger partial charge in [-0.1, -0.05) is 127 Å². The first-order valence-electron chi connectivity index (χ1n) is 14.9. The van der Waals surface area contributed by atoms with Crippen LogP contribution in [-0.2, 0) is 11.2 Å². The fourth-order valence-corrected chi connectivity index (χ4v) is 4.70. The van der Waals surface area contributed by atoms with E-state index in [1.165, 1.54) is 95.5 Å². The third-order valence-corrected chi connectivity index (χ3v) is 6.92. The van der Waals surface area contributed by atoms with Crippen LogP contribution < -0.4 is 10.6 Å². The van der Waals surface area contributed by atoms with Crippen LogP contribution in [0.2, 0.25) is 0 Å². The SMILES string of the molecule is CCCCCCCCCCCCCCCCCC(=O)NCCCNC(CCO)Cc1ccccc1.Cl. The first kappa shape index (κ1) is 34.9. The fourth-order valence-electron chi connectivity index (χ4n) is 4.70. The molecule has 36 heavy (non-hydrogen) atoms. The van der Waals surface area contributed by atoms with Crippen LogP contribution in [0.25, 0.3) is 0 Å². The van der Waals surface area contributed by atoms with E-state index in [0.717, 1.165) is 38.8 Å². The van der Waals surface area contributed by atoms with E-state index >= 15 is 0 Å². The molecule has 5 heteroatoms. The van der Waals surface area contributed by atoms with Crippen molar-refractivity contribution in [1.82, 2.24) is 10.6 Å². The second-order valence-electron chi connectivity index (χ2n) is 10.3. The van der Waals surface area contributed by atoms with Gasteiger partial charge in [-0.25, -0.2) is 0 Å². The molecule has 0 bridgehead atoms. The Morgan fingerprint density at radius 1 is 0.750 bits per heavy atom. The van der Waals surface area contributed by atoms with Gasteiger partial charge in [-0.15, -0.1) is 12.4 Å². The highest BCUT2D eigenvalue weighted by Gasteiger charge is 2.08. The molecular formula is C31H57ClN2O2. The molecule has 0 aromatic heterocycles. The van der Waals surface area contributed by atoms with Crippen LogP contribution in [0.15, 0.2) is 30.3 Å². The third kappa shape index (κ3) is 22.1. The van der Waals surface area contributed by atoms with Crippen LogP contribution in [-0.4, -0.2) is 36.8 Å². The van der Waals surface area contributed by atoms with Crippen molar-refractivity contribution < 1.29 is 9.90 Å². The lowest BCUT2D eigenvalue weighted by molar-refractivity contribution is -0.121. The molecule has 0 aliphatic rings. The quantitative estimate of drug-likeness (QED) is 0.114. The molecule has 1 amide bonds. The number of unbranched alkanes of at least 4 members (excludes halogenated alkanes) is 14. The summed E-state index contributed by atoms with van der Waals surface area (Å²) in [4.78, 5) is 12.1. The van der Waals surface area contributed by atoms with Gasteiger partial charge in [-0.05, 0) is 37.8 Å². The lowest BCUT2D eigenvalue weighted by atomic mass is 10.0. The van der Waals surface area contributed by atoms with Crippen molar-refractivity contribution >= 4 is 18.3 Å². The Balaban J connectivity index is 0.0000122. The molecule has 1 rings (SSSR count). The highest BCUT2D eigenvalue weighted by atomic mass is 35.5. The number of amides is 1. The van der Waals surface area contributed by atoms with E-state index in [4.69, 9.17) is 0 Å². The van der Waals surface area contributed by atoms with Crippen molar-refractivity contribution in [3.63, 3.8) is 0 Å². The van der Waals surface area contributed by atoms with E-state index in [1.807, 2.05) is 6.07 Å². The lowest BCUT2D eigenvalue weighted by Crippen LogP contribution is -2.34. The van der Waals surface area contributed by atoms with Gasteiger partial charge in [0.25, 0.3) is 0 Å². The van der Waals surface area contributed by atoms with E-state index in [2.05, 4.69) is 41.8 Å². The Labute approximate surface area is 229 Å². The zero-order valence-electron chi connectivity index (χ0n) is 23.3. The van der Waals surface area contributed by atoms with Gasteiger partial charge in [0, 0.05) is 25.6 Å². The van der Waals surface area contributed by atoms with E-state index in [1.54, 1.807) is 0 Å². The number of aliphatic hydroxyl groups excluding tert-OH is 1. The number of hydrogen-bond acceptors (Lipinski definition) is 3. The standard InChI is InChI=1S/C31H56N2O2.ClH/c1-2-3-4-5-6-7-8-9-10-11-12-13-14-15-19-23-31(35)33-26-20-25-32-30(24-27-34)28-29-21-17-16-18-22-29;/h16-18,21-22,30,32,34H,2-15,19-20,23-28H2,1H3,(H,33,35);1H. The smallest absolute Gasteiger partial charge is 0.219 e. The molecule has 1 aromatic rings. The normalized spacial score (nSPS) is 11.7. The molecule has 210 valence electrons. The van der Waals surface area contributed by atoms with Gasteiger partial charge in [0.2, 0.25) is 5.91 Å². The number of aliphatic hydroxyl groups is 1. The summed E-state index contributed by atoms with van der Waals surface area (Å²) < 4.78 is 0. The highest BCUT2D eigenvalue weighted by Crippen LogP contribution is 2.13. The number of hydrogen-bond donors (Lipinski definition) is 3. The van der Waals surface area contributed by atoms with Crippen molar-refractivity contribution in [3.8, 4) is 0 Å². The number of halogens is 1. The Morgan fingerprint density at radius 2 is 1.28 bits per heavy atom. The van der Waals surface area contributed by atoms with Gasteiger partial charge < -0.3 is 15.7 Å². The van der Waals surface area contributed by atoms with E-state index in [0.29, 0.717) is 6.42 Å². The molecule has 0 spiro atoms. The molecule has 0 saturated heterocycles. The van der Waals surface area contributed by atoms with Gasteiger partial charge in [0.1, 0.15) is 0 Å². The maximum absolute atomic E-state index is 12.1. The van der Waals surface area contributed by atoms with Crippen LogP contribution in [0.3, 0.4) is 0 Å². The topological polar surface area (TPSA) is 61.4 Å². The van der Waals surface area contributed by atoms with E-state index in [-0.39, 0.29) is 31.0 Å². The summed E-state index contributed by atoms with van der Waals surface area (Å²) in [5, 5.41) is 15.9. The van der Waals surface area contributed by atoms with Gasteiger partial charge >= 0.3 is 0 Å². The Morgan fingerprint density at radius 3 is 1.81 bits per heavy atom. The summed E-state index contributed by atoms with van der Waals surface area (Å²) in [7, 11) is 0. The Bertz CT molecular complexity index is 585. The first-order chi connectivity index (χ1) is 17.3. The fraction of sp³-hybridized carbons (Fsp3) is 0.774. The van der Waals surface area contributed by atoms with Crippen molar-refractivity contribution in [1.29, 1.82) is 0 Å². The summed E-state index contributed by atoms with van der Waals surface area (Å²) in [5.74, 6) is 0.191. The summed E-state index contributed by atoms with van der Waals surface area (Å²) >= 11 is 0. The molecule has 1 aromatic carbocycles. The zero-order chi connectivity index (χ0) is 25.2. The predicted molar refractivity (Wildman–Crippen MR) is 158 cm³/mol. The molecule has 3 N–H and O–H groups in total. The van der Waals surface area contributed by atoms with Crippen molar-refractivity contribution in [2.75, 3.05) is 19.7 Å². The minimum atomic E-state index is 0. The zero-order valence-corrected chi connectivity index (χ0v) is 24.1. The molecule has 0 heterocycles. The molecule has 0 saturated carbocycles. The van der Waals surface area contributed by atoms with Crippen molar-refractivity contribution in [2.45, 2.75) is 135 Å². The number of benzene rings is 1. The second-order valence-corrected chi connectivity index (χ2v) is 10.3. The summed E-state index contributed by atoms with van der Waals surface area (Å²) in [6.45, 7) is 4.06. The molecule has 0 aliphatic heterocycles. The van der Waals surface area contributed by atoms with Crippen LogP contribution in [0.5, 0.6) is 0 Å². The minimum absolute atomic E-state index is 0. The largest absolute Gasteiger partial charge is 0.396 e. The van der Waals surface area contributed by atoms with Gasteiger partial charge in [0.05, 0.1) is 0 Å². The second kappa shape index (κ2) is 26.9. The molecule has 0 aliphatic carbocycles. The van der Waals surface area contributed by atoms with Gasteiger partial charge in [-0.3, -0.25) is 4.79 Å². The van der Waals surface area contributed by atoms with E-state index < -0.39 is 0 Å². The molecule has 4 nitrogen and oxygen atoms in total. The number of rotatable bonds is 25. The van der Waals surface area contributed by atoms with Gasteiger partial charge in [0.15, 0.2) is 0 Å². The molecule has 1 unspecified atom stereocenters. The third-order valence-electron chi connectivity index (χ3n) is 6.92. The average Bonchev–Trinajstić information content (AvgIpc) is 2.87. The Hall–Kier alpha value is -1.10. The monoisotopic (exact) mass is 524 g/mol. The van der Waals surface area contributed by atoms with Crippen molar-refractivity contribution in [3.05, 3.63) is 35.9 Å². The van der Waals surface area contributed by atoms with Gasteiger partial charge in [-0.2, -0.15) is 0 Å². The number of nitrogens with one attached hydrogen (secondary N) is 2. The molecular weight excluding hydrogens is 468 g/mol. The minimum Gasteiger partial charge on any atom is -0.396 e. The average molecular weight is 525 g/mol. The van der Waals surface area contributed by atoms with E-state index in [9.17, 15) is 9.90 Å². The van der Waals surface area contributed by atoms with Crippen LogP contribution >= 0.6 is 12.4 Å². The van der Waals surface area contributed by atoms with Crippen molar-refractivity contribution in [2.24, 2.45) is 0 Å². The molecule has 0 fully saturated rings. The van der Waals surface area contributed by atoms with Crippen LogP contribution in [0.4, 0.5) is 0 Å². The summed E-state index contributed by atoms with van der Waals surface area (Å²) in [5.41, 5.74) is 1.29. The summed E-state index contributed by atoms with van der Waals surface area (Å²) in [6.07, 6.45) is 23.5. The number of carbonyl (C=O) groups excluding carboxylic acids is 1. The molecule has 1 atom stereocenters. The van der Waals surface area contributed by atoms with Crippen LogP contribution in [0.1, 0.15) is 128 Å².